The molecule has 0 N–H and O–H groups in total. The Labute approximate surface area is 123 Å². The molecule has 1 fully saturated rings. The van der Waals surface area contributed by atoms with Crippen molar-refractivity contribution >= 4 is 23.2 Å². The van der Waals surface area contributed by atoms with Gasteiger partial charge in [0.1, 0.15) is 6.10 Å². The molecular formula is C15H21NO3S. The lowest BCUT2D eigenvalue weighted by atomic mass is 10.1. The van der Waals surface area contributed by atoms with Crippen molar-refractivity contribution in [1.82, 2.24) is 4.90 Å². The van der Waals surface area contributed by atoms with E-state index in [-0.39, 0.29) is 18.0 Å². The number of carbonyl (C=O) groups is 2. The Balaban J connectivity index is 1.81. The summed E-state index contributed by atoms with van der Waals surface area (Å²) in [5.74, 6) is -0.0203. The van der Waals surface area contributed by atoms with Gasteiger partial charge in [-0.3, -0.25) is 4.79 Å². The normalized spacial score (nSPS) is 16.2. The van der Waals surface area contributed by atoms with Gasteiger partial charge in [0.2, 0.25) is 5.91 Å². The molecule has 0 aliphatic carbocycles. The second-order valence-electron chi connectivity index (χ2n) is 5.20. The molecule has 1 aliphatic heterocycles. The summed E-state index contributed by atoms with van der Waals surface area (Å²) < 4.78 is 5.53. The standard InChI is InChI=1S/C15H21NO3S/c1-3-4-14(17)16-7-5-12(6-8-16)19-15(18)13-10-20-9-11(13)2/h9-10,12H,3-8H2,1-2H3. The highest BCUT2D eigenvalue weighted by Crippen LogP contribution is 2.19. The van der Waals surface area contributed by atoms with Gasteiger partial charge in [-0.2, -0.15) is 11.3 Å². The highest BCUT2D eigenvalue weighted by Gasteiger charge is 2.25. The minimum absolute atomic E-state index is 0.0625. The Hall–Kier alpha value is -1.36. The van der Waals surface area contributed by atoms with Crippen molar-refractivity contribution in [2.45, 2.75) is 45.6 Å². The molecule has 110 valence electrons. The summed E-state index contributed by atoms with van der Waals surface area (Å²) in [6, 6.07) is 0. The number of aryl methyl sites for hydroxylation is 1. The first-order chi connectivity index (χ1) is 9.61. The summed E-state index contributed by atoms with van der Waals surface area (Å²) in [6.07, 6.45) is 2.91. The third kappa shape index (κ3) is 3.60. The van der Waals surface area contributed by atoms with Crippen molar-refractivity contribution in [3.05, 3.63) is 21.9 Å². The van der Waals surface area contributed by atoms with E-state index >= 15 is 0 Å². The topological polar surface area (TPSA) is 46.6 Å². The maximum Gasteiger partial charge on any atom is 0.339 e. The van der Waals surface area contributed by atoms with E-state index in [1.807, 2.05) is 29.5 Å². The molecule has 5 heteroatoms. The number of esters is 1. The maximum atomic E-state index is 12.0. The smallest absolute Gasteiger partial charge is 0.339 e. The molecule has 2 rings (SSSR count). The van der Waals surface area contributed by atoms with Crippen molar-refractivity contribution in [3.63, 3.8) is 0 Å². The number of ether oxygens (including phenoxy) is 1. The first-order valence-corrected chi connectivity index (χ1v) is 8.07. The predicted octanol–water partition coefficient (Wildman–Crippen LogP) is 3.00. The van der Waals surface area contributed by atoms with Crippen LogP contribution in [0, 0.1) is 6.92 Å². The minimum Gasteiger partial charge on any atom is -0.459 e. The van der Waals surface area contributed by atoms with Gasteiger partial charge in [0, 0.05) is 37.7 Å². The van der Waals surface area contributed by atoms with Crippen molar-refractivity contribution in [2.75, 3.05) is 13.1 Å². The van der Waals surface area contributed by atoms with Crippen LogP contribution in [0.15, 0.2) is 10.8 Å². The number of nitrogens with zero attached hydrogens (tertiary/aromatic N) is 1. The van der Waals surface area contributed by atoms with E-state index in [4.69, 9.17) is 4.74 Å². The number of hydrogen-bond donors (Lipinski definition) is 0. The fourth-order valence-electron chi connectivity index (χ4n) is 2.38. The molecule has 2 heterocycles. The van der Waals surface area contributed by atoms with Crippen LogP contribution in [-0.2, 0) is 9.53 Å². The zero-order valence-electron chi connectivity index (χ0n) is 12.1. The molecule has 0 saturated carbocycles. The van der Waals surface area contributed by atoms with Crippen LogP contribution in [-0.4, -0.2) is 36.0 Å². The fourth-order valence-corrected chi connectivity index (χ4v) is 3.20. The van der Waals surface area contributed by atoms with Crippen LogP contribution in [0.5, 0.6) is 0 Å². The van der Waals surface area contributed by atoms with Gasteiger partial charge in [-0.05, 0) is 24.3 Å². The monoisotopic (exact) mass is 295 g/mol. The number of hydrogen-bond acceptors (Lipinski definition) is 4. The molecule has 4 nitrogen and oxygen atoms in total. The van der Waals surface area contributed by atoms with Crippen molar-refractivity contribution in [3.8, 4) is 0 Å². The van der Waals surface area contributed by atoms with E-state index in [0.717, 1.165) is 24.8 Å². The number of piperidine rings is 1. The third-order valence-corrected chi connectivity index (χ3v) is 4.47. The van der Waals surface area contributed by atoms with Gasteiger partial charge in [-0.25, -0.2) is 4.79 Å². The third-order valence-electron chi connectivity index (χ3n) is 3.61. The lowest BCUT2D eigenvalue weighted by Gasteiger charge is -2.31. The largest absolute Gasteiger partial charge is 0.459 e. The van der Waals surface area contributed by atoms with Crippen LogP contribution in [0.4, 0.5) is 0 Å². The van der Waals surface area contributed by atoms with Gasteiger partial charge in [0.05, 0.1) is 5.56 Å². The average Bonchev–Trinajstić information content (AvgIpc) is 2.86. The summed E-state index contributed by atoms with van der Waals surface area (Å²) in [6.45, 7) is 5.31. The number of rotatable bonds is 4. The fraction of sp³-hybridized carbons (Fsp3) is 0.600. The summed E-state index contributed by atoms with van der Waals surface area (Å²) in [5.41, 5.74) is 1.63. The van der Waals surface area contributed by atoms with E-state index < -0.39 is 0 Å². The van der Waals surface area contributed by atoms with E-state index in [0.29, 0.717) is 25.1 Å². The minimum atomic E-state index is -0.234. The first-order valence-electron chi connectivity index (χ1n) is 7.13. The zero-order valence-corrected chi connectivity index (χ0v) is 12.9. The Bertz CT molecular complexity index is 475. The van der Waals surface area contributed by atoms with Crippen molar-refractivity contribution in [2.24, 2.45) is 0 Å². The molecule has 0 bridgehead atoms. The van der Waals surface area contributed by atoms with Crippen LogP contribution in [0.3, 0.4) is 0 Å². The summed E-state index contributed by atoms with van der Waals surface area (Å²) >= 11 is 1.51. The lowest BCUT2D eigenvalue weighted by molar-refractivity contribution is -0.133. The lowest BCUT2D eigenvalue weighted by Crippen LogP contribution is -2.41. The van der Waals surface area contributed by atoms with Gasteiger partial charge in [-0.1, -0.05) is 6.92 Å². The molecule has 0 unspecified atom stereocenters. The molecule has 1 aromatic heterocycles. The molecule has 0 atom stereocenters. The Kier molecular flexibility index (Phi) is 5.17. The van der Waals surface area contributed by atoms with E-state index in [1.165, 1.54) is 11.3 Å². The van der Waals surface area contributed by atoms with Gasteiger partial charge >= 0.3 is 5.97 Å². The molecular weight excluding hydrogens is 274 g/mol. The summed E-state index contributed by atoms with van der Waals surface area (Å²) in [4.78, 5) is 25.7. The number of likely N-dealkylation sites (tertiary alicyclic amines) is 1. The predicted molar refractivity (Wildman–Crippen MR) is 79.0 cm³/mol. The molecule has 0 spiro atoms. The number of thiophene rings is 1. The highest BCUT2D eigenvalue weighted by atomic mass is 32.1. The van der Waals surface area contributed by atoms with Crippen LogP contribution in [0.1, 0.15) is 48.5 Å². The first kappa shape index (κ1) is 15.0. The molecule has 20 heavy (non-hydrogen) atoms. The molecule has 0 radical (unpaired) electrons. The van der Waals surface area contributed by atoms with Crippen molar-refractivity contribution < 1.29 is 14.3 Å². The zero-order chi connectivity index (χ0) is 14.5. The van der Waals surface area contributed by atoms with Crippen LogP contribution in [0.25, 0.3) is 0 Å². The second-order valence-corrected chi connectivity index (χ2v) is 5.95. The van der Waals surface area contributed by atoms with E-state index in [2.05, 4.69) is 0 Å². The van der Waals surface area contributed by atoms with Gasteiger partial charge < -0.3 is 9.64 Å². The molecule has 0 aromatic carbocycles. The summed E-state index contributed by atoms with van der Waals surface area (Å²) in [5, 5.41) is 3.78. The van der Waals surface area contributed by atoms with Crippen LogP contribution in [0.2, 0.25) is 0 Å². The number of amides is 1. The quantitative estimate of drug-likeness (QED) is 0.802. The van der Waals surface area contributed by atoms with Crippen LogP contribution >= 0.6 is 11.3 Å². The Morgan fingerprint density at radius 1 is 1.35 bits per heavy atom. The van der Waals surface area contributed by atoms with Crippen molar-refractivity contribution in [1.29, 1.82) is 0 Å². The van der Waals surface area contributed by atoms with Gasteiger partial charge in [-0.15, -0.1) is 0 Å². The molecule has 1 saturated heterocycles. The summed E-state index contributed by atoms with van der Waals surface area (Å²) in [7, 11) is 0. The Morgan fingerprint density at radius 3 is 2.60 bits per heavy atom. The molecule has 1 aliphatic rings. The van der Waals surface area contributed by atoms with Gasteiger partial charge in [0.15, 0.2) is 0 Å². The molecule has 1 amide bonds. The van der Waals surface area contributed by atoms with E-state index in [9.17, 15) is 9.59 Å². The highest BCUT2D eigenvalue weighted by molar-refractivity contribution is 7.08. The number of carbonyl (C=O) groups excluding carboxylic acids is 2. The Morgan fingerprint density at radius 2 is 2.05 bits per heavy atom. The average molecular weight is 295 g/mol. The van der Waals surface area contributed by atoms with E-state index in [1.54, 1.807) is 0 Å². The van der Waals surface area contributed by atoms with Crippen LogP contribution < -0.4 is 0 Å². The second kappa shape index (κ2) is 6.88. The molecule has 1 aromatic rings. The van der Waals surface area contributed by atoms with Gasteiger partial charge in [0.25, 0.3) is 0 Å². The maximum absolute atomic E-state index is 12.0. The SMILES string of the molecule is CCCC(=O)N1CCC(OC(=O)c2cscc2C)CC1.